The van der Waals surface area contributed by atoms with E-state index in [1.807, 2.05) is 0 Å². The van der Waals surface area contributed by atoms with Crippen LogP contribution in [-0.2, 0) is 6.54 Å². The van der Waals surface area contributed by atoms with Crippen LogP contribution in [0.1, 0.15) is 32.3 Å². The van der Waals surface area contributed by atoms with E-state index in [1.165, 1.54) is 37.2 Å². The van der Waals surface area contributed by atoms with Crippen molar-refractivity contribution in [2.45, 2.75) is 45.3 Å². The molecule has 1 fully saturated rings. The summed E-state index contributed by atoms with van der Waals surface area (Å²) in [5.41, 5.74) is 2.92. The molecule has 0 spiro atoms. The smallest absolute Gasteiger partial charge is 0.0414 e. The average Bonchev–Trinajstić information content (AvgIpc) is 2.68. The lowest BCUT2D eigenvalue weighted by Gasteiger charge is -2.40. The van der Waals surface area contributed by atoms with E-state index < -0.39 is 0 Å². The Balaban J connectivity index is 1.86. The Morgan fingerprint density at radius 2 is 1.86 bits per heavy atom. The summed E-state index contributed by atoms with van der Waals surface area (Å²) in [4.78, 5) is 5.16. The van der Waals surface area contributed by atoms with E-state index in [9.17, 15) is 0 Å². The Bertz CT molecular complexity index is 463. The van der Waals surface area contributed by atoms with Gasteiger partial charge in [0.05, 0.1) is 0 Å². The second-order valence-electron chi connectivity index (χ2n) is 7.05. The maximum Gasteiger partial charge on any atom is 0.0414 e. The van der Waals surface area contributed by atoms with Crippen molar-refractivity contribution < 1.29 is 0 Å². The van der Waals surface area contributed by atoms with Gasteiger partial charge in [-0.2, -0.15) is 0 Å². The molecule has 1 aromatic carbocycles. The van der Waals surface area contributed by atoms with E-state index in [0.29, 0.717) is 18.0 Å². The first-order valence-electron chi connectivity index (χ1n) is 8.41. The number of fused-ring (bicyclic) bond motifs is 1. The minimum absolute atomic E-state index is 0.581. The third kappa shape index (κ3) is 3.24. The first-order valence-corrected chi connectivity index (χ1v) is 8.41. The molecule has 116 valence electrons. The van der Waals surface area contributed by atoms with Gasteiger partial charge in [-0.3, -0.25) is 0 Å². The van der Waals surface area contributed by atoms with E-state index in [2.05, 4.69) is 60.3 Å². The van der Waals surface area contributed by atoms with Crippen molar-refractivity contribution in [2.24, 2.45) is 5.92 Å². The van der Waals surface area contributed by atoms with E-state index in [-0.39, 0.29) is 0 Å². The zero-order valence-corrected chi connectivity index (χ0v) is 13.7. The normalized spacial score (nSPS) is 25.0. The summed E-state index contributed by atoms with van der Waals surface area (Å²) in [5.74, 6) is 0.674. The number of benzene rings is 1. The molecule has 3 heteroatoms. The SMILES string of the molecule is CC(C)C1CN(C2CCN(C)CC2)c2ccccc2CN1. The van der Waals surface area contributed by atoms with Crippen LogP contribution >= 0.6 is 0 Å². The predicted octanol–water partition coefficient (Wildman–Crippen LogP) is 2.72. The average molecular weight is 287 g/mol. The number of hydrogen-bond acceptors (Lipinski definition) is 3. The maximum absolute atomic E-state index is 3.76. The molecule has 1 aromatic rings. The van der Waals surface area contributed by atoms with Crippen LogP contribution < -0.4 is 10.2 Å². The summed E-state index contributed by atoms with van der Waals surface area (Å²) < 4.78 is 0. The quantitative estimate of drug-likeness (QED) is 0.902. The number of piperidine rings is 1. The largest absolute Gasteiger partial charge is 0.367 e. The van der Waals surface area contributed by atoms with Crippen molar-refractivity contribution in [3.8, 4) is 0 Å². The van der Waals surface area contributed by atoms with Crippen molar-refractivity contribution in [3.05, 3.63) is 29.8 Å². The summed E-state index contributed by atoms with van der Waals surface area (Å²) in [6, 6.07) is 10.2. The number of anilines is 1. The Kier molecular flexibility index (Phi) is 4.51. The van der Waals surface area contributed by atoms with Gasteiger partial charge in [0, 0.05) is 30.9 Å². The molecule has 1 atom stereocenters. The molecule has 1 unspecified atom stereocenters. The van der Waals surface area contributed by atoms with Gasteiger partial charge in [-0.1, -0.05) is 32.0 Å². The monoisotopic (exact) mass is 287 g/mol. The van der Waals surface area contributed by atoms with Gasteiger partial charge in [0.1, 0.15) is 0 Å². The third-order valence-corrected chi connectivity index (χ3v) is 5.18. The maximum atomic E-state index is 3.76. The predicted molar refractivity (Wildman–Crippen MR) is 89.8 cm³/mol. The van der Waals surface area contributed by atoms with Crippen LogP contribution in [0, 0.1) is 5.92 Å². The molecule has 1 saturated heterocycles. The summed E-state index contributed by atoms with van der Waals surface area (Å²) >= 11 is 0. The lowest BCUT2D eigenvalue weighted by atomic mass is 9.99. The molecule has 0 amide bonds. The molecular formula is C18H29N3. The third-order valence-electron chi connectivity index (χ3n) is 5.18. The number of nitrogens with zero attached hydrogens (tertiary/aromatic N) is 2. The lowest BCUT2D eigenvalue weighted by molar-refractivity contribution is 0.245. The van der Waals surface area contributed by atoms with Crippen LogP contribution in [0.4, 0.5) is 5.69 Å². The second kappa shape index (κ2) is 6.37. The number of para-hydroxylation sites is 1. The lowest BCUT2D eigenvalue weighted by Crippen LogP contribution is -2.49. The minimum atomic E-state index is 0.581. The Labute approximate surface area is 129 Å². The van der Waals surface area contributed by atoms with Gasteiger partial charge in [0.25, 0.3) is 0 Å². The second-order valence-corrected chi connectivity index (χ2v) is 7.05. The number of likely N-dealkylation sites (tertiary alicyclic amines) is 1. The van der Waals surface area contributed by atoms with Crippen LogP contribution in [0.5, 0.6) is 0 Å². The molecule has 0 saturated carbocycles. The highest BCUT2D eigenvalue weighted by molar-refractivity contribution is 5.55. The first kappa shape index (κ1) is 14.9. The van der Waals surface area contributed by atoms with Gasteiger partial charge in [-0.25, -0.2) is 0 Å². The molecule has 0 bridgehead atoms. The molecule has 21 heavy (non-hydrogen) atoms. The number of nitrogens with one attached hydrogen (secondary N) is 1. The molecule has 2 heterocycles. The van der Waals surface area contributed by atoms with Gasteiger partial charge in [-0.05, 0) is 50.5 Å². The Hall–Kier alpha value is -1.06. The summed E-state index contributed by atoms with van der Waals surface area (Å²) in [5, 5.41) is 3.76. The topological polar surface area (TPSA) is 18.5 Å². The van der Waals surface area contributed by atoms with E-state index in [1.54, 1.807) is 0 Å². The van der Waals surface area contributed by atoms with Crippen LogP contribution in [0.15, 0.2) is 24.3 Å². The van der Waals surface area contributed by atoms with Gasteiger partial charge in [0.2, 0.25) is 0 Å². The number of rotatable bonds is 2. The highest BCUT2D eigenvalue weighted by Crippen LogP contribution is 2.29. The summed E-state index contributed by atoms with van der Waals surface area (Å²) in [6.45, 7) is 9.26. The van der Waals surface area contributed by atoms with Crippen molar-refractivity contribution in [1.29, 1.82) is 0 Å². The summed E-state index contributed by atoms with van der Waals surface area (Å²) in [7, 11) is 2.24. The van der Waals surface area contributed by atoms with Crippen molar-refractivity contribution >= 4 is 5.69 Å². The molecule has 2 aliphatic heterocycles. The summed E-state index contributed by atoms with van der Waals surface area (Å²) in [6.07, 6.45) is 2.57. The molecule has 2 aliphatic rings. The molecule has 3 nitrogen and oxygen atoms in total. The van der Waals surface area contributed by atoms with Crippen molar-refractivity contribution in [1.82, 2.24) is 10.2 Å². The van der Waals surface area contributed by atoms with Crippen molar-refractivity contribution in [2.75, 3.05) is 31.6 Å². The van der Waals surface area contributed by atoms with E-state index >= 15 is 0 Å². The Morgan fingerprint density at radius 1 is 1.14 bits per heavy atom. The standard InChI is InChI=1S/C18H29N3/c1-14(2)17-13-21(16-8-10-20(3)11-9-16)18-7-5-4-6-15(18)12-19-17/h4-7,14,16-17,19H,8-13H2,1-3H3. The van der Waals surface area contributed by atoms with Crippen LogP contribution in [-0.4, -0.2) is 43.7 Å². The molecule has 3 rings (SSSR count). The minimum Gasteiger partial charge on any atom is -0.367 e. The highest BCUT2D eigenvalue weighted by atomic mass is 15.2. The molecule has 0 aliphatic carbocycles. The van der Waals surface area contributed by atoms with Crippen LogP contribution in [0.25, 0.3) is 0 Å². The van der Waals surface area contributed by atoms with Gasteiger partial charge >= 0.3 is 0 Å². The fourth-order valence-electron chi connectivity index (χ4n) is 3.66. The van der Waals surface area contributed by atoms with Gasteiger partial charge in [0.15, 0.2) is 0 Å². The van der Waals surface area contributed by atoms with Crippen LogP contribution in [0.3, 0.4) is 0 Å². The zero-order valence-electron chi connectivity index (χ0n) is 13.7. The molecule has 0 radical (unpaired) electrons. The molecular weight excluding hydrogens is 258 g/mol. The molecule has 1 N–H and O–H groups in total. The first-order chi connectivity index (χ1) is 10.1. The zero-order chi connectivity index (χ0) is 14.8. The fourth-order valence-corrected chi connectivity index (χ4v) is 3.66. The van der Waals surface area contributed by atoms with Crippen molar-refractivity contribution in [3.63, 3.8) is 0 Å². The highest BCUT2D eigenvalue weighted by Gasteiger charge is 2.29. The fraction of sp³-hybridized carbons (Fsp3) is 0.667. The van der Waals surface area contributed by atoms with Gasteiger partial charge < -0.3 is 15.1 Å². The van der Waals surface area contributed by atoms with Gasteiger partial charge in [-0.15, -0.1) is 0 Å². The molecule has 0 aromatic heterocycles. The van der Waals surface area contributed by atoms with Crippen LogP contribution in [0.2, 0.25) is 0 Å². The Morgan fingerprint density at radius 3 is 2.57 bits per heavy atom. The number of hydrogen-bond donors (Lipinski definition) is 1. The van der Waals surface area contributed by atoms with E-state index in [4.69, 9.17) is 0 Å². The van der Waals surface area contributed by atoms with E-state index in [0.717, 1.165) is 13.1 Å².